The summed E-state index contributed by atoms with van der Waals surface area (Å²) in [6, 6.07) is 0. The second-order valence-corrected chi connectivity index (χ2v) is 4.73. The molecular weight excluding hydrogens is 272 g/mol. The van der Waals surface area contributed by atoms with Gasteiger partial charge in [-0.15, -0.1) is 5.10 Å². The van der Waals surface area contributed by atoms with E-state index in [0.29, 0.717) is 33.0 Å². The molecule has 7 heteroatoms. The normalized spacial score (nSPS) is 11.1. The first-order valence-electron chi connectivity index (χ1n) is 7.61. The van der Waals surface area contributed by atoms with Crippen LogP contribution in [0.3, 0.4) is 0 Å². The molecule has 0 saturated heterocycles. The molecule has 0 spiro atoms. The zero-order valence-corrected chi connectivity index (χ0v) is 13.2. The molecule has 0 fully saturated rings. The molecule has 0 aliphatic heterocycles. The summed E-state index contributed by atoms with van der Waals surface area (Å²) in [5, 5.41) is 11.3. The van der Waals surface area contributed by atoms with Crippen molar-refractivity contribution in [1.82, 2.24) is 20.3 Å². The van der Waals surface area contributed by atoms with Gasteiger partial charge in [-0.25, -0.2) is 4.68 Å². The Bertz CT molecular complexity index is 353. The lowest BCUT2D eigenvalue weighted by Crippen LogP contribution is -2.21. The van der Waals surface area contributed by atoms with E-state index in [1.54, 1.807) is 11.8 Å². The smallest absolute Gasteiger partial charge is 0.108 e. The van der Waals surface area contributed by atoms with Gasteiger partial charge in [-0.1, -0.05) is 18.6 Å². The number of unbranched alkanes of at least 4 members (excludes halogenated alkanes) is 1. The summed E-state index contributed by atoms with van der Waals surface area (Å²) in [6.45, 7) is 7.91. The highest BCUT2D eigenvalue weighted by molar-refractivity contribution is 4.89. The zero-order chi connectivity index (χ0) is 15.2. The molecule has 0 radical (unpaired) electrons. The predicted molar refractivity (Wildman–Crippen MR) is 82.3 cm³/mol. The van der Waals surface area contributed by atoms with Crippen molar-refractivity contribution in [3.8, 4) is 0 Å². The number of hydrogen-bond acceptors (Lipinski definition) is 6. The van der Waals surface area contributed by atoms with Crippen LogP contribution in [-0.4, -0.2) is 61.6 Å². The molecule has 0 bridgehead atoms. The van der Waals surface area contributed by atoms with E-state index in [1.807, 2.05) is 6.20 Å². The minimum absolute atomic E-state index is 0. The minimum atomic E-state index is 0. The van der Waals surface area contributed by atoms with Gasteiger partial charge in [0.2, 0.25) is 0 Å². The number of nitrogens with zero attached hydrogens (tertiary/aromatic N) is 3. The van der Waals surface area contributed by atoms with Gasteiger partial charge >= 0.3 is 0 Å². The first-order chi connectivity index (χ1) is 10.4. The number of hydrogen-bond donors (Lipinski definition) is 1. The molecule has 0 aromatic carbocycles. The summed E-state index contributed by atoms with van der Waals surface area (Å²) in [5.74, 6) is 0. The molecule has 1 aromatic heterocycles. The van der Waals surface area contributed by atoms with Crippen molar-refractivity contribution >= 4 is 0 Å². The van der Waals surface area contributed by atoms with Crippen molar-refractivity contribution in [3.63, 3.8) is 0 Å². The van der Waals surface area contributed by atoms with Crippen molar-refractivity contribution in [3.05, 3.63) is 11.9 Å². The van der Waals surface area contributed by atoms with Crippen LogP contribution >= 0.6 is 0 Å². The van der Waals surface area contributed by atoms with E-state index >= 15 is 0 Å². The van der Waals surface area contributed by atoms with Gasteiger partial charge in [-0.05, 0) is 13.0 Å². The number of rotatable bonds is 14. The number of aromatic nitrogens is 3. The van der Waals surface area contributed by atoms with E-state index in [9.17, 15) is 0 Å². The van der Waals surface area contributed by atoms with Crippen molar-refractivity contribution in [2.75, 3.05) is 46.6 Å². The van der Waals surface area contributed by atoms with Gasteiger partial charge in [-0.3, -0.25) is 0 Å². The van der Waals surface area contributed by atoms with E-state index in [-0.39, 0.29) is 1.43 Å². The van der Waals surface area contributed by atoms with Crippen LogP contribution in [0.5, 0.6) is 0 Å². The number of ether oxygens (including phenoxy) is 3. The Labute approximate surface area is 128 Å². The van der Waals surface area contributed by atoms with Crippen LogP contribution in [0.25, 0.3) is 0 Å². The Morgan fingerprint density at radius 2 is 2.00 bits per heavy atom. The molecule has 7 nitrogen and oxygen atoms in total. The largest absolute Gasteiger partial charge is 0.378 e. The van der Waals surface area contributed by atoms with Gasteiger partial charge in [0.25, 0.3) is 0 Å². The molecule has 0 saturated carbocycles. The van der Waals surface area contributed by atoms with E-state index in [4.69, 9.17) is 14.2 Å². The highest BCUT2D eigenvalue weighted by Crippen LogP contribution is 1.94. The van der Waals surface area contributed by atoms with E-state index in [2.05, 4.69) is 22.6 Å². The molecular formula is C14H30N4O3. The van der Waals surface area contributed by atoms with Gasteiger partial charge in [0.05, 0.1) is 45.8 Å². The summed E-state index contributed by atoms with van der Waals surface area (Å²) in [5.41, 5.74) is 0.830. The second kappa shape index (κ2) is 12.7. The Morgan fingerprint density at radius 1 is 1.19 bits per heavy atom. The lowest BCUT2D eigenvalue weighted by atomic mass is 10.3. The summed E-state index contributed by atoms with van der Waals surface area (Å²) < 4.78 is 17.7. The van der Waals surface area contributed by atoms with Crippen LogP contribution in [0.2, 0.25) is 0 Å². The van der Waals surface area contributed by atoms with Gasteiger partial charge < -0.3 is 19.5 Å². The first-order valence-corrected chi connectivity index (χ1v) is 7.61. The Kier molecular flexibility index (Phi) is 10.9. The lowest BCUT2D eigenvalue weighted by molar-refractivity contribution is 0.0449. The first kappa shape index (κ1) is 18.0. The number of nitrogens with one attached hydrogen (secondary N) is 1. The highest BCUT2D eigenvalue weighted by atomic mass is 16.5. The Balaban J connectivity index is 0.00000441. The highest BCUT2D eigenvalue weighted by Gasteiger charge is 1.99. The lowest BCUT2D eigenvalue weighted by Gasteiger charge is -2.06. The average Bonchev–Trinajstić information content (AvgIpc) is 2.93. The molecule has 1 heterocycles. The molecule has 21 heavy (non-hydrogen) atoms. The maximum absolute atomic E-state index is 5.49. The third-order valence-corrected chi connectivity index (χ3v) is 2.85. The second-order valence-electron chi connectivity index (χ2n) is 4.73. The van der Waals surface area contributed by atoms with E-state index in [0.717, 1.165) is 25.4 Å². The molecule has 1 rings (SSSR count). The van der Waals surface area contributed by atoms with Gasteiger partial charge in [0, 0.05) is 15.1 Å². The van der Waals surface area contributed by atoms with Crippen molar-refractivity contribution in [2.24, 2.45) is 0 Å². The monoisotopic (exact) mass is 302 g/mol. The quantitative estimate of drug-likeness (QED) is 0.519. The third kappa shape index (κ3) is 9.52. The predicted octanol–water partition coefficient (Wildman–Crippen LogP) is 1.09. The van der Waals surface area contributed by atoms with Gasteiger partial charge in [0.15, 0.2) is 0 Å². The standard InChI is InChI=1S/C14H28N4O3.H2/c1-3-4-5-15-6-8-20-10-11-21-9-7-18-12-14(13-19-2)16-17-18;/h12,15H,3-11,13H2,1-2H3;1H. The average molecular weight is 302 g/mol. The van der Waals surface area contributed by atoms with Crippen LogP contribution in [-0.2, 0) is 27.4 Å². The summed E-state index contributed by atoms with van der Waals surface area (Å²) >= 11 is 0. The maximum atomic E-state index is 5.49. The van der Waals surface area contributed by atoms with Crippen LogP contribution in [0.15, 0.2) is 6.20 Å². The molecule has 1 aromatic rings. The summed E-state index contributed by atoms with van der Waals surface area (Å²) in [7, 11) is 1.64. The molecule has 1 N–H and O–H groups in total. The zero-order valence-electron chi connectivity index (χ0n) is 13.2. The molecule has 0 aliphatic carbocycles. The van der Waals surface area contributed by atoms with E-state index in [1.165, 1.54) is 12.8 Å². The SMILES string of the molecule is CCCCNCCOCCOCCn1cc(COC)nn1.[HH]. The fourth-order valence-corrected chi connectivity index (χ4v) is 1.71. The molecule has 0 unspecified atom stereocenters. The van der Waals surface area contributed by atoms with E-state index < -0.39 is 0 Å². The molecule has 0 aliphatic rings. The third-order valence-electron chi connectivity index (χ3n) is 2.85. The Morgan fingerprint density at radius 3 is 2.76 bits per heavy atom. The summed E-state index contributed by atoms with van der Waals surface area (Å²) in [6.07, 6.45) is 4.31. The minimum Gasteiger partial charge on any atom is -0.378 e. The van der Waals surface area contributed by atoms with Crippen molar-refractivity contribution in [1.29, 1.82) is 0 Å². The topological polar surface area (TPSA) is 70.4 Å². The van der Waals surface area contributed by atoms with Crippen LogP contribution in [0.1, 0.15) is 26.9 Å². The van der Waals surface area contributed by atoms with Crippen LogP contribution < -0.4 is 5.32 Å². The Hall–Kier alpha value is -1.02. The van der Waals surface area contributed by atoms with Crippen molar-refractivity contribution in [2.45, 2.75) is 32.9 Å². The fraction of sp³-hybridized carbons (Fsp3) is 0.857. The fourth-order valence-electron chi connectivity index (χ4n) is 1.71. The van der Waals surface area contributed by atoms with Crippen molar-refractivity contribution < 1.29 is 15.6 Å². The number of methoxy groups -OCH3 is 1. The van der Waals surface area contributed by atoms with Gasteiger partial charge in [-0.2, -0.15) is 0 Å². The molecule has 124 valence electrons. The van der Waals surface area contributed by atoms with Crippen LogP contribution in [0.4, 0.5) is 0 Å². The van der Waals surface area contributed by atoms with Crippen LogP contribution in [0, 0.1) is 0 Å². The summed E-state index contributed by atoms with van der Waals surface area (Å²) in [4.78, 5) is 0. The molecule has 0 amide bonds. The van der Waals surface area contributed by atoms with Gasteiger partial charge in [0.1, 0.15) is 5.69 Å². The molecule has 0 atom stereocenters. The maximum Gasteiger partial charge on any atom is 0.108 e.